The van der Waals surface area contributed by atoms with Gasteiger partial charge in [-0.3, -0.25) is 9.88 Å². The maximum absolute atomic E-state index is 6.72. The minimum absolute atomic E-state index is 0.0506. The van der Waals surface area contributed by atoms with Crippen molar-refractivity contribution in [3.63, 3.8) is 0 Å². The Morgan fingerprint density at radius 2 is 1.95 bits per heavy atom. The van der Waals surface area contributed by atoms with Gasteiger partial charge in [0.05, 0.1) is 38.1 Å². The predicted molar refractivity (Wildman–Crippen MR) is 168 cm³/mol. The van der Waals surface area contributed by atoms with E-state index in [0.29, 0.717) is 35.6 Å². The molecule has 6 rings (SSSR count). The first-order valence-electron chi connectivity index (χ1n) is 14.3. The molecule has 8 heteroatoms. The first kappa shape index (κ1) is 29.1. The van der Waals surface area contributed by atoms with Crippen LogP contribution < -0.4 is 19.5 Å². The van der Waals surface area contributed by atoms with Crippen molar-refractivity contribution in [1.29, 1.82) is 0 Å². The van der Waals surface area contributed by atoms with E-state index in [0.717, 1.165) is 41.7 Å². The average Bonchev–Trinajstić information content (AvgIpc) is 2.98. The maximum Gasteiger partial charge on any atom is 0.261 e. The minimum atomic E-state index is -0.309. The Balaban J connectivity index is 1.49. The molecule has 1 unspecified atom stereocenters. The Morgan fingerprint density at radius 3 is 2.63 bits per heavy atom. The van der Waals surface area contributed by atoms with E-state index < -0.39 is 0 Å². The molecule has 3 aromatic rings. The van der Waals surface area contributed by atoms with Crippen LogP contribution in [-0.2, 0) is 4.74 Å². The number of thiocarbonyl (C=S) groups is 1. The summed E-state index contributed by atoms with van der Waals surface area (Å²) >= 11 is 5.82. The van der Waals surface area contributed by atoms with E-state index in [-0.39, 0.29) is 22.7 Å². The third-order valence-electron chi connectivity index (χ3n) is 8.11. The minimum Gasteiger partial charge on any atom is -0.497 e. The zero-order chi connectivity index (χ0) is 29.1. The normalized spacial score (nSPS) is 22.6. The van der Waals surface area contributed by atoms with Crippen LogP contribution in [0.25, 0.3) is 10.9 Å². The zero-order valence-corrected chi connectivity index (χ0v) is 25.5. The number of fused-ring (bicyclic) bond motifs is 4. The van der Waals surface area contributed by atoms with Gasteiger partial charge in [-0.15, -0.1) is 6.58 Å². The van der Waals surface area contributed by atoms with Crippen LogP contribution in [0.3, 0.4) is 0 Å². The Bertz CT molecular complexity index is 1400. The van der Waals surface area contributed by atoms with Gasteiger partial charge in [-0.25, -0.2) is 0 Å². The lowest BCUT2D eigenvalue weighted by Crippen LogP contribution is -2.55. The van der Waals surface area contributed by atoms with Crippen molar-refractivity contribution in [2.75, 3.05) is 39.2 Å². The fourth-order valence-corrected chi connectivity index (χ4v) is 6.20. The molecule has 7 nitrogen and oxygen atoms in total. The standard InChI is InChI=1S/C33H41N3O4S/c1-7-21-19-36-15-13-22(21)16-29(36)31(40-32(41)35-28-11-8-23(37-5)18-30(28)38-6)25-12-14-34-27-10-9-24(17-26(25)27)39-20-33(2,3)4/h7-12,14,17-18,21-22,29,31H,1,13,15-16,19-20H2,2-6H3,(H,35,41)/t21-,22-,29+,31+/m0/s1. The third kappa shape index (κ3) is 6.60. The van der Waals surface area contributed by atoms with E-state index in [9.17, 15) is 0 Å². The molecule has 218 valence electrons. The number of nitrogens with one attached hydrogen (secondary N) is 1. The third-order valence-corrected chi connectivity index (χ3v) is 8.31. The van der Waals surface area contributed by atoms with E-state index in [2.05, 4.69) is 60.8 Å². The van der Waals surface area contributed by atoms with Crippen LogP contribution in [0.15, 0.2) is 61.3 Å². The van der Waals surface area contributed by atoms with Crippen LogP contribution >= 0.6 is 12.2 Å². The average molecular weight is 576 g/mol. The quantitative estimate of drug-likeness (QED) is 0.216. The van der Waals surface area contributed by atoms with Gasteiger partial charge in [0.1, 0.15) is 23.4 Å². The Hall–Kier alpha value is -3.36. The molecule has 3 saturated heterocycles. The van der Waals surface area contributed by atoms with Gasteiger partial charge in [0.25, 0.3) is 5.17 Å². The smallest absolute Gasteiger partial charge is 0.261 e. The van der Waals surface area contributed by atoms with Crippen molar-refractivity contribution >= 4 is 34.0 Å². The first-order valence-corrected chi connectivity index (χ1v) is 14.7. The summed E-state index contributed by atoms with van der Waals surface area (Å²) in [6.45, 7) is 13.2. The molecular formula is C33H41N3O4S. The lowest BCUT2D eigenvalue weighted by Gasteiger charge is -2.51. The van der Waals surface area contributed by atoms with Gasteiger partial charge >= 0.3 is 0 Å². The lowest BCUT2D eigenvalue weighted by molar-refractivity contribution is -0.0386. The highest BCUT2D eigenvalue weighted by Crippen LogP contribution is 2.44. The summed E-state index contributed by atoms with van der Waals surface area (Å²) in [5.74, 6) is 3.22. The first-order chi connectivity index (χ1) is 19.7. The number of rotatable bonds is 9. The summed E-state index contributed by atoms with van der Waals surface area (Å²) in [5, 5.41) is 4.56. The topological polar surface area (TPSA) is 65.1 Å². The van der Waals surface area contributed by atoms with Gasteiger partial charge in [0.2, 0.25) is 0 Å². The number of pyridine rings is 1. The number of aromatic nitrogens is 1. The highest BCUT2D eigenvalue weighted by Gasteiger charge is 2.44. The van der Waals surface area contributed by atoms with Crippen molar-refractivity contribution in [3.05, 3.63) is 66.9 Å². The van der Waals surface area contributed by atoms with Crippen LogP contribution in [0.5, 0.6) is 17.2 Å². The SMILES string of the molecule is C=C[C@H]1CN2CC[C@H]1C[C@@H]2[C@H](OC(=S)Nc1ccc(OC)cc1OC)c1ccnc2ccc(OCC(C)(C)C)cc12. The molecule has 0 amide bonds. The van der Waals surface area contributed by atoms with E-state index in [1.54, 1.807) is 14.2 Å². The van der Waals surface area contributed by atoms with Crippen molar-refractivity contribution < 1.29 is 18.9 Å². The predicted octanol–water partition coefficient (Wildman–Crippen LogP) is 7.03. The van der Waals surface area contributed by atoms with Crippen molar-refractivity contribution in [2.45, 2.75) is 45.8 Å². The van der Waals surface area contributed by atoms with Gasteiger partial charge < -0.3 is 24.3 Å². The summed E-state index contributed by atoms with van der Waals surface area (Å²) in [4.78, 5) is 7.21. The second-order valence-electron chi connectivity index (χ2n) is 12.2. The molecule has 0 radical (unpaired) electrons. The van der Waals surface area contributed by atoms with Crippen LogP contribution in [0.2, 0.25) is 0 Å². The van der Waals surface area contributed by atoms with Crippen molar-refractivity contribution in [2.24, 2.45) is 17.3 Å². The number of ether oxygens (including phenoxy) is 4. The molecule has 0 saturated carbocycles. The maximum atomic E-state index is 6.72. The van der Waals surface area contributed by atoms with E-state index in [4.69, 9.17) is 31.2 Å². The van der Waals surface area contributed by atoms with Crippen molar-refractivity contribution in [1.82, 2.24) is 9.88 Å². The molecule has 3 fully saturated rings. The molecule has 2 bridgehead atoms. The molecule has 5 atom stereocenters. The molecule has 3 aliphatic heterocycles. The Labute approximate surface area is 248 Å². The fourth-order valence-electron chi connectivity index (χ4n) is 5.98. The fraction of sp³-hybridized carbons (Fsp3) is 0.455. The van der Waals surface area contributed by atoms with Crippen LogP contribution in [0.1, 0.15) is 45.3 Å². The molecule has 4 heterocycles. The molecular weight excluding hydrogens is 534 g/mol. The Morgan fingerprint density at radius 1 is 1.15 bits per heavy atom. The second-order valence-corrected chi connectivity index (χ2v) is 12.6. The number of hydrogen-bond donors (Lipinski definition) is 1. The lowest BCUT2D eigenvalue weighted by atomic mass is 9.73. The molecule has 2 aromatic carbocycles. The van der Waals surface area contributed by atoms with Gasteiger partial charge in [-0.2, -0.15) is 0 Å². The number of piperidine rings is 3. The number of methoxy groups -OCH3 is 2. The Kier molecular flexibility index (Phi) is 8.71. The van der Waals surface area contributed by atoms with Crippen LogP contribution in [-0.4, -0.2) is 55.0 Å². The highest BCUT2D eigenvalue weighted by molar-refractivity contribution is 7.80. The van der Waals surface area contributed by atoms with Crippen LogP contribution in [0.4, 0.5) is 5.69 Å². The summed E-state index contributed by atoms with van der Waals surface area (Å²) < 4.78 is 23.8. The second kappa shape index (κ2) is 12.2. The molecule has 41 heavy (non-hydrogen) atoms. The summed E-state index contributed by atoms with van der Waals surface area (Å²) in [6, 6.07) is 13.9. The largest absolute Gasteiger partial charge is 0.497 e. The van der Waals surface area contributed by atoms with E-state index >= 15 is 0 Å². The monoisotopic (exact) mass is 575 g/mol. The number of anilines is 1. The molecule has 1 N–H and O–H groups in total. The highest BCUT2D eigenvalue weighted by atomic mass is 32.1. The molecule has 0 spiro atoms. The number of nitrogens with zero attached hydrogens (tertiary/aromatic N) is 2. The summed E-state index contributed by atoms with van der Waals surface area (Å²) in [7, 11) is 3.25. The summed E-state index contributed by atoms with van der Waals surface area (Å²) in [5.41, 5.74) is 2.71. The molecule has 1 aromatic heterocycles. The number of hydrogen-bond acceptors (Lipinski definition) is 7. The van der Waals surface area contributed by atoms with Gasteiger partial charge in [-0.05, 0) is 85.3 Å². The molecule has 0 aliphatic carbocycles. The van der Waals surface area contributed by atoms with Crippen LogP contribution in [0, 0.1) is 17.3 Å². The van der Waals surface area contributed by atoms with Gasteiger partial charge in [-0.1, -0.05) is 26.8 Å². The number of benzene rings is 2. The van der Waals surface area contributed by atoms with Gasteiger partial charge in [0, 0.05) is 29.8 Å². The summed E-state index contributed by atoms with van der Waals surface area (Å²) in [6.07, 6.45) is 5.85. The zero-order valence-electron chi connectivity index (χ0n) is 24.7. The van der Waals surface area contributed by atoms with E-state index in [1.807, 2.05) is 36.5 Å². The molecule has 3 aliphatic rings. The van der Waals surface area contributed by atoms with Crippen molar-refractivity contribution in [3.8, 4) is 17.2 Å². The van der Waals surface area contributed by atoms with Gasteiger partial charge in [0.15, 0.2) is 0 Å². The van der Waals surface area contributed by atoms with E-state index in [1.165, 1.54) is 6.42 Å².